The van der Waals surface area contributed by atoms with E-state index in [9.17, 15) is 5.11 Å². The van der Waals surface area contributed by atoms with Crippen molar-refractivity contribution in [2.45, 2.75) is 44.6 Å². The topological polar surface area (TPSA) is 20.2 Å². The van der Waals surface area contributed by atoms with Gasteiger partial charge >= 0.3 is 0 Å². The molecule has 3 fully saturated rings. The average molecular weight is 166 g/mol. The van der Waals surface area contributed by atoms with E-state index in [1.807, 2.05) is 0 Å². The Labute approximate surface area is 74.2 Å². The zero-order valence-electron chi connectivity index (χ0n) is 7.58. The quantitative estimate of drug-likeness (QED) is 0.585. The first-order valence-corrected chi connectivity index (χ1v) is 5.54. The highest BCUT2D eigenvalue weighted by molar-refractivity contribution is 4.98. The van der Waals surface area contributed by atoms with Gasteiger partial charge in [0.25, 0.3) is 0 Å². The fourth-order valence-electron chi connectivity index (χ4n) is 4.11. The minimum atomic E-state index is 0.0880. The van der Waals surface area contributed by atoms with Crippen molar-refractivity contribution in [2.24, 2.45) is 23.7 Å². The molecule has 0 spiro atoms. The maximum atomic E-state index is 10.1. The van der Waals surface area contributed by atoms with Crippen molar-refractivity contribution >= 4 is 0 Å². The van der Waals surface area contributed by atoms with Crippen molar-refractivity contribution in [1.29, 1.82) is 0 Å². The average Bonchev–Trinajstić information content (AvgIpc) is 2.47. The van der Waals surface area contributed by atoms with Gasteiger partial charge in [0.2, 0.25) is 0 Å². The molecule has 3 rings (SSSR count). The molecule has 1 nitrogen and oxygen atoms in total. The fourth-order valence-corrected chi connectivity index (χ4v) is 4.11. The highest BCUT2D eigenvalue weighted by atomic mass is 16.3. The summed E-state index contributed by atoms with van der Waals surface area (Å²) in [5, 5.41) is 10.1. The largest absolute Gasteiger partial charge is 0.393 e. The van der Waals surface area contributed by atoms with Gasteiger partial charge in [0, 0.05) is 0 Å². The number of aliphatic hydroxyl groups excluding tert-OH is 1. The van der Waals surface area contributed by atoms with Crippen LogP contribution in [0.25, 0.3) is 0 Å². The Hall–Kier alpha value is -0.0400. The van der Waals surface area contributed by atoms with Crippen LogP contribution in [0.3, 0.4) is 0 Å². The normalized spacial score (nSPS) is 57.2. The molecule has 0 amide bonds. The lowest BCUT2D eigenvalue weighted by Gasteiger charge is -2.44. The van der Waals surface area contributed by atoms with Gasteiger partial charge in [-0.05, 0) is 55.8 Å². The van der Waals surface area contributed by atoms with E-state index in [-0.39, 0.29) is 6.10 Å². The Bertz CT molecular complexity index is 171. The highest BCUT2D eigenvalue weighted by Crippen LogP contribution is 2.53. The molecule has 0 saturated heterocycles. The standard InChI is InChI=1S/C11H18O/c12-11-9-2-1-3-10(11)8-5-4-7(9)6-8/h7-12H,1-6H2/t7?,8?,9-,10+,11?. The molecule has 1 N–H and O–H groups in total. The van der Waals surface area contributed by atoms with E-state index in [2.05, 4.69) is 0 Å². The fraction of sp³-hybridized carbons (Fsp3) is 1.00. The Morgan fingerprint density at radius 2 is 1.42 bits per heavy atom. The molecule has 4 bridgehead atoms. The van der Waals surface area contributed by atoms with Crippen LogP contribution in [-0.2, 0) is 0 Å². The molecule has 0 radical (unpaired) electrons. The van der Waals surface area contributed by atoms with Crippen molar-refractivity contribution in [3.63, 3.8) is 0 Å². The van der Waals surface area contributed by atoms with Crippen molar-refractivity contribution in [1.82, 2.24) is 0 Å². The first-order valence-electron chi connectivity index (χ1n) is 5.54. The predicted octanol–water partition coefficient (Wildman–Crippen LogP) is 2.19. The Balaban J connectivity index is 1.92. The van der Waals surface area contributed by atoms with Gasteiger partial charge in [0.05, 0.1) is 6.10 Å². The molecule has 3 aliphatic rings. The van der Waals surface area contributed by atoms with Crippen LogP contribution < -0.4 is 0 Å². The summed E-state index contributed by atoms with van der Waals surface area (Å²) in [7, 11) is 0. The van der Waals surface area contributed by atoms with E-state index in [0.717, 1.165) is 11.8 Å². The second kappa shape index (κ2) is 2.47. The summed E-state index contributed by atoms with van der Waals surface area (Å²) in [5.41, 5.74) is 0. The SMILES string of the molecule is OC1[C@@H]2CCC[C@H]1C1CCC2C1. The zero-order chi connectivity index (χ0) is 8.13. The van der Waals surface area contributed by atoms with Crippen molar-refractivity contribution in [3.05, 3.63) is 0 Å². The maximum Gasteiger partial charge on any atom is 0.0601 e. The molecule has 0 aromatic rings. The van der Waals surface area contributed by atoms with Crippen LogP contribution in [0.4, 0.5) is 0 Å². The molecule has 0 aromatic heterocycles. The lowest BCUT2D eigenvalue weighted by atomic mass is 9.64. The van der Waals surface area contributed by atoms with Gasteiger partial charge in [0.15, 0.2) is 0 Å². The van der Waals surface area contributed by atoms with Crippen LogP contribution in [0.5, 0.6) is 0 Å². The van der Waals surface area contributed by atoms with Crippen LogP contribution in [0.15, 0.2) is 0 Å². The van der Waals surface area contributed by atoms with Crippen LogP contribution >= 0.6 is 0 Å². The van der Waals surface area contributed by atoms with Crippen LogP contribution in [-0.4, -0.2) is 11.2 Å². The molecule has 0 aromatic carbocycles. The van der Waals surface area contributed by atoms with Gasteiger partial charge in [-0.25, -0.2) is 0 Å². The number of rotatable bonds is 0. The summed E-state index contributed by atoms with van der Waals surface area (Å²) in [5.74, 6) is 3.20. The third kappa shape index (κ3) is 0.834. The first-order chi connectivity index (χ1) is 5.86. The molecule has 0 aliphatic heterocycles. The molecular formula is C11H18O. The minimum Gasteiger partial charge on any atom is -0.393 e. The number of hydrogen-bond donors (Lipinski definition) is 1. The molecule has 12 heavy (non-hydrogen) atoms. The maximum absolute atomic E-state index is 10.1. The van der Waals surface area contributed by atoms with Gasteiger partial charge in [-0.15, -0.1) is 0 Å². The summed E-state index contributed by atoms with van der Waals surface area (Å²) < 4.78 is 0. The smallest absolute Gasteiger partial charge is 0.0601 e. The summed E-state index contributed by atoms with van der Waals surface area (Å²) >= 11 is 0. The van der Waals surface area contributed by atoms with E-state index in [4.69, 9.17) is 0 Å². The van der Waals surface area contributed by atoms with E-state index in [0.29, 0.717) is 11.8 Å². The summed E-state index contributed by atoms with van der Waals surface area (Å²) in [6.45, 7) is 0. The highest BCUT2D eigenvalue weighted by Gasteiger charge is 2.48. The van der Waals surface area contributed by atoms with Gasteiger partial charge < -0.3 is 5.11 Å². The second-order valence-electron chi connectivity index (χ2n) is 5.08. The van der Waals surface area contributed by atoms with Crippen molar-refractivity contribution in [3.8, 4) is 0 Å². The molecule has 0 heterocycles. The molecule has 3 aliphatic carbocycles. The van der Waals surface area contributed by atoms with E-state index < -0.39 is 0 Å². The molecule has 5 atom stereocenters. The molecule has 68 valence electrons. The van der Waals surface area contributed by atoms with E-state index >= 15 is 0 Å². The number of fused-ring (bicyclic) bond motifs is 6. The first kappa shape index (κ1) is 7.37. The van der Waals surface area contributed by atoms with Crippen LogP contribution in [0, 0.1) is 23.7 Å². The molecule has 3 unspecified atom stereocenters. The third-order valence-electron chi connectivity index (χ3n) is 4.68. The Morgan fingerprint density at radius 3 is 2.00 bits per heavy atom. The lowest BCUT2D eigenvalue weighted by Crippen LogP contribution is -2.43. The zero-order valence-corrected chi connectivity index (χ0v) is 7.58. The summed E-state index contributed by atoms with van der Waals surface area (Å²) in [6, 6.07) is 0. The van der Waals surface area contributed by atoms with Crippen LogP contribution in [0.2, 0.25) is 0 Å². The summed E-state index contributed by atoms with van der Waals surface area (Å²) in [6.07, 6.45) is 8.40. The Kier molecular flexibility index (Phi) is 1.52. The number of hydrogen-bond acceptors (Lipinski definition) is 1. The van der Waals surface area contributed by atoms with E-state index in [1.165, 1.54) is 38.5 Å². The van der Waals surface area contributed by atoms with Crippen molar-refractivity contribution < 1.29 is 5.11 Å². The van der Waals surface area contributed by atoms with Gasteiger partial charge in [-0.2, -0.15) is 0 Å². The molecular weight excluding hydrogens is 148 g/mol. The Morgan fingerprint density at radius 1 is 0.833 bits per heavy atom. The van der Waals surface area contributed by atoms with Crippen LogP contribution in [0.1, 0.15) is 38.5 Å². The monoisotopic (exact) mass is 166 g/mol. The molecule has 3 saturated carbocycles. The predicted molar refractivity (Wildman–Crippen MR) is 47.7 cm³/mol. The number of aliphatic hydroxyl groups is 1. The molecule has 1 heteroatoms. The summed E-state index contributed by atoms with van der Waals surface area (Å²) in [4.78, 5) is 0. The van der Waals surface area contributed by atoms with Gasteiger partial charge in [-0.3, -0.25) is 0 Å². The lowest BCUT2D eigenvalue weighted by molar-refractivity contribution is -0.0512. The van der Waals surface area contributed by atoms with Crippen molar-refractivity contribution in [2.75, 3.05) is 0 Å². The van der Waals surface area contributed by atoms with E-state index in [1.54, 1.807) is 0 Å². The minimum absolute atomic E-state index is 0.0880. The van der Waals surface area contributed by atoms with Gasteiger partial charge in [0.1, 0.15) is 0 Å². The van der Waals surface area contributed by atoms with Gasteiger partial charge in [-0.1, -0.05) is 6.42 Å². The third-order valence-corrected chi connectivity index (χ3v) is 4.68. The second-order valence-corrected chi connectivity index (χ2v) is 5.08.